The summed E-state index contributed by atoms with van der Waals surface area (Å²) in [6.45, 7) is 9.52. The van der Waals surface area contributed by atoms with Crippen LogP contribution in [0.25, 0.3) is 0 Å². The van der Waals surface area contributed by atoms with Crippen molar-refractivity contribution in [3.8, 4) is 11.5 Å². The Labute approximate surface area is 78.5 Å². The molecule has 1 rings (SSSR count). The molecule has 3 heteroatoms. The standard InChI is InChI=1S/C10H11NO2/c1-3-12-8-5-6-10(13-4-2)9(11)7-8/h3-7H,1-2,11H2. The SMILES string of the molecule is [CH2][CH]Oc1ccc(O[CH][CH2])c(N)c1. The smallest absolute Gasteiger partial charge is 0.143 e. The zero-order valence-corrected chi connectivity index (χ0v) is 7.19. The van der Waals surface area contributed by atoms with Crippen molar-refractivity contribution in [3.63, 3.8) is 0 Å². The lowest BCUT2D eigenvalue weighted by molar-refractivity contribution is 0.422. The Morgan fingerprint density at radius 2 is 1.85 bits per heavy atom. The molecule has 0 amide bonds. The Bertz CT molecular complexity index is 274. The number of rotatable bonds is 4. The first-order valence-electron chi connectivity index (χ1n) is 3.72. The van der Waals surface area contributed by atoms with Crippen LogP contribution in [0.15, 0.2) is 18.2 Å². The van der Waals surface area contributed by atoms with Gasteiger partial charge in [0.25, 0.3) is 0 Å². The molecule has 0 spiro atoms. The van der Waals surface area contributed by atoms with Gasteiger partial charge >= 0.3 is 0 Å². The summed E-state index contributed by atoms with van der Waals surface area (Å²) in [4.78, 5) is 0. The van der Waals surface area contributed by atoms with Crippen molar-refractivity contribution in [1.82, 2.24) is 0 Å². The quantitative estimate of drug-likeness (QED) is 0.715. The van der Waals surface area contributed by atoms with Crippen LogP contribution in [-0.4, -0.2) is 0 Å². The Morgan fingerprint density at radius 1 is 1.15 bits per heavy atom. The van der Waals surface area contributed by atoms with E-state index in [1.54, 1.807) is 18.2 Å². The zero-order chi connectivity index (χ0) is 9.68. The average molecular weight is 177 g/mol. The fraction of sp³-hybridized carbons (Fsp3) is 0. The van der Waals surface area contributed by atoms with E-state index in [9.17, 15) is 0 Å². The molecule has 1 aromatic carbocycles. The van der Waals surface area contributed by atoms with E-state index in [1.165, 1.54) is 13.2 Å². The molecule has 68 valence electrons. The van der Waals surface area contributed by atoms with Gasteiger partial charge in [-0.25, -0.2) is 0 Å². The summed E-state index contributed by atoms with van der Waals surface area (Å²) in [5, 5.41) is 0. The molecule has 0 saturated heterocycles. The highest BCUT2D eigenvalue weighted by Crippen LogP contribution is 2.26. The summed E-state index contributed by atoms with van der Waals surface area (Å²) >= 11 is 0. The second kappa shape index (κ2) is 4.60. The third kappa shape index (κ3) is 2.54. The first-order chi connectivity index (χ1) is 6.27. The lowest BCUT2D eigenvalue weighted by atomic mass is 10.3. The monoisotopic (exact) mass is 177 g/mol. The molecule has 4 radical (unpaired) electrons. The molecule has 0 aromatic heterocycles. The van der Waals surface area contributed by atoms with E-state index in [-0.39, 0.29) is 0 Å². The van der Waals surface area contributed by atoms with Gasteiger partial charge in [0.1, 0.15) is 24.7 Å². The van der Waals surface area contributed by atoms with Crippen molar-refractivity contribution in [2.75, 3.05) is 5.73 Å². The molecule has 0 unspecified atom stereocenters. The summed E-state index contributed by atoms with van der Waals surface area (Å²) in [5.74, 6) is 1.19. The van der Waals surface area contributed by atoms with Gasteiger partial charge in [-0.2, -0.15) is 0 Å². The number of benzene rings is 1. The molecule has 13 heavy (non-hydrogen) atoms. The predicted octanol–water partition coefficient (Wildman–Crippen LogP) is 2.02. The van der Waals surface area contributed by atoms with Gasteiger partial charge in [-0.3, -0.25) is 0 Å². The van der Waals surface area contributed by atoms with Crippen LogP contribution in [0, 0.1) is 27.1 Å². The van der Waals surface area contributed by atoms with Gasteiger partial charge in [0.2, 0.25) is 0 Å². The van der Waals surface area contributed by atoms with Crippen molar-refractivity contribution < 1.29 is 9.47 Å². The van der Waals surface area contributed by atoms with Gasteiger partial charge in [-0.1, -0.05) is 0 Å². The predicted molar refractivity (Wildman–Crippen MR) is 51.4 cm³/mol. The second-order valence-electron chi connectivity index (χ2n) is 2.27. The van der Waals surface area contributed by atoms with Gasteiger partial charge in [0.05, 0.1) is 5.69 Å². The minimum absolute atomic E-state index is 0.499. The normalized spacial score (nSPS) is 9.69. The van der Waals surface area contributed by atoms with Crippen LogP contribution >= 0.6 is 0 Å². The van der Waals surface area contributed by atoms with Crippen molar-refractivity contribution in [3.05, 3.63) is 45.3 Å². The number of hydrogen-bond acceptors (Lipinski definition) is 3. The lowest BCUT2D eigenvalue weighted by Gasteiger charge is -2.08. The molecule has 0 heterocycles. The molecular formula is C10H11NO2. The summed E-state index contributed by atoms with van der Waals surface area (Å²) in [7, 11) is 0. The summed E-state index contributed by atoms with van der Waals surface area (Å²) in [5.41, 5.74) is 6.15. The van der Waals surface area contributed by atoms with E-state index in [0.717, 1.165) is 0 Å². The third-order valence-corrected chi connectivity index (χ3v) is 1.41. The van der Waals surface area contributed by atoms with Crippen molar-refractivity contribution >= 4 is 5.69 Å². The fourth-order valence-corrected chi connectivity index (χ4v) is 0.893. The molecule has 1 aromatic rings. The molecule has 2 N–H and O–H groups in total. The van der Waals surface area contributed by atoms with Crippen LogP contribution in [0.3, 0.4) is 0 Å². The zero-order valence-electron chi connectivity index (χ0n) is 7.19. The van der Waals surface area contributed by atoms with E-state index < -0.39 is 0 Å². The fourth-order valence-electron chi connectivity index (χ4n) is 0.893. The van der Waals surface area contributed by atoms with E-state index in [2.05, 4.69) is 13.8 Å². The minimum Gasteiger partial charge on any atom is -0.486 e. The molecule has 0 aliphatic carbocycles. The van der Waals surface area contributed by atoms with Crippen molar-refractivity contribution in [1.29, 1.82) is 0 Å². The number of nitrogens with two attached hydrogens (primary N) is 1. The third-order valence-electron chi connectivity index (χ3n) is 1.41. The van der Waals surface area contributed by atoms with Gasteiger partial charge < -0.3 is 15.2 Å². The molecule has 0 bridgehead atoms. The lowest BCUT2D eigenvalue weighted by Crippen LogP contribution is -1.94. The van der Waals surface area contributed by atoms with E-state index >= 15 is 0 Å². The van der Waals surface area contributed by atoms with E-state index in [0.29, 0.717) is 17.2 Å². The Hall–Kier alpha value is -1.38. The Balaban J connectivity index is 2.79. The van der Waals surface area contributed by atoms with Crippen LogP contribution in [-0.2, 0) is 0 Å². The van der Waals surface area contributed by atoms with Gasteiger partial charge in [0.15, 0.2) is 0 Å². The first-order valence-corrected chi connectivity index (χ1v) is 3.72. The highest BCUT2D eigenvalue weighted by Gasteiger charge is 2.01. The highest BCUT2D eigenvalue weighted by molar-refractivity contribution is 5.56. The average Bonchev–Trinajstić information content (AvgIpc) is 2.10. The summed E-state index contributed by atoms with van der Waals surface area (Å²) in [6.07, 6.45) is 0. The molecule has 0 aliphatic rings. The molecule has 0 fully saturated rings. The Kier molecular flexibility index (Phi) is 3.43. The van der Waals surface area contributed by atoms with E-state index in [1.807, 2.05) is 0 Å². The van der Waals surface area contributed by atoms with Gasteiger partial charge in [-0.15, -0.1) is 0 Å². The molecule has 0 aliphatic heterocycles. The number of nitrogen functional groups attached to an aromatic ring is 1. The van der Waals surface area contributed by atoms with Gasteiger partial charge in [0, 0.05) is 6.07 Å². The maximum absolute atomic E-state index is 5.65. The van der Waals surface area contributed by atoms with Crippen molar-refractivity contribution in [2.45, 2.75) is 0 Å². The summed E-state index contributed by atoms with van der Waals surface area (Å²) < 4.78 is 10.0. The van der Waals surface area contributed by atoms with E-state index in [4.69, 9.17) is 15.2 Å². The number of anilines is 1. The van der Waals surface area contributed by atoms with Crippen LogP contribution in [0.2, 0.25) is 0 Å². The first kappa shape index (κ1) is 9.71. The molecular weight excluding hydrogens is 166 g/mol. The van der Waals surface area contributed by atoms with Gasteiger partial charge in [-0.05, 0) is 26.0 Å². The molecule has 3 nitrogen and oxygen atoms in total. The molecule has 0 atom stereocenters. The van der Waals surface area contributed by atoms with Crippen LogP contribution in [0.1, 0.15) is 0 Å². The largest absolute Gasteiger partial charge is 0.486 e. The van der Waals surface area contributed by atoms with Crippen LogP contribution in [0.5, 0.6) is 11.5 Å². The van der Waals surface area contributed by atoms with Crippen LogP contribution < -0.4 is 15.2 Å². The minimum atomic E-state index is 0.499. The topological polar surface area (TPSA) is 44.5 Å². The summed E-state index contributed by atoms with van der Waals surface area (Å²) in [6, 6.07) is 5.09. The Morgan fingerprint density at radius 3 is 2.38 bits per heavy atom. The number of ether oxygens (including phenoxy) is 2. The van der Waals surface area contributed by atoms with Crippen molar-refractivity contribution in [2.24, 2.45) is 0 Å². The second-order valence-corrected chi connectivity index (χ2v) is 2.27. The van der Waals surface area contributed by atoms with Crippen LogP contribution in [0.4, 0.5) is 5.69 Å². The number of hydrogen-bond donors (Lipinski definition) is 1. The maximum Gasteiger partial charge on any atom is 0.143 e. The maximum atomic E-state index is 5.65. The highest BCUT2D eigenvalue weighted by atomic mass is 16.5. The molecule has 0 saturated carbocycles.